The van der Waals surface area contributed by atoms with E-state index in [1.807, 2.05) is 83.7 Å². The number of hydrogen-bond donors (Lipinski definition) is 1. The Balaban J connectivity index is 1.80. The molecule has 1 amide bonds. The molecule has 0 saturated heterocycles. The fourth-order valence-electron chi connectivity index (χ4n) is 2.74. The van der Waals surface area contributed by atoms with Crippen molar-refractivity contribution < 1.29 is 9.53 Å². The summed E-state index contributed by atoms with van der Waals surface area (Å²) in [6, 6.07) is 20.9. The monoisotopic (exact) mass is 320 g/mol. The number of nitrogens with one attached hydrogen (secondary N) is 1. The van der Waals surface area contributed by atoms with Crippen LogP contribution in [0.4, 0.5) is 0 Å². The number of hydrogen-bond acceptors (Lipinski definition) is 2. The number of ether oxygens (including phenoxy) is 1. The first kappa shape index (κ1) is 15.9. The Morgan fingerprint density at radius 3 is 2.38 bits per heavy atom. The quantitative estimate of drug-likeness (QED) is 0.756. The molecule has 0 aliphatic carbocycles. The number of carbonyl (C=O) groups excluding carboxylic acids is 1. The van der Waals surface area contributed by atoms with E-state index in [0.717, 1.165) is 16.9 Å². The van der Waals surface area contributed by atoms with Crippen LogP contribution < -0.4 is 10.1 Å². The molecule has 2 aromatic carbocycles. The molecule has 1 unspecified atom stereocenters. The van der Waals surface area contributed by atoms with E-state index >= 15 is 0 Å². The van der Waals surface area contributed by atoms with Crippen molar-refractivity contribution in [1.82, 2.24) is 9.88 Å². The van der Waals surface area contributed by atoms with Gasteiger partial charge in [0.05, 0.1) is 7.11 Å². The van der Waals surface area contributed by atoms with Gasteiger partial charge in [0.15, 0.2) is 0 Å². The van der Waals surface area contributed by atoms with Crippen molar-refractivity contribution in [2.45, 2.75) is 12.6 Å². The van der Waals surface area contributed by atoms with Gasteiger partial charge >= 0.3 is 0 Å². The number of nitrogens with zero attached hydrogens (tertiary/aromatic N) is 1. The predicted molar refractivity (Wildman–Crippen MR) is 93.9 cm³/mol. The second kappa shape index (κ2) is 7.51. The molecule has 1 N–H and O–H groups in total. The number of rotatable bonds is 6. The lowest BCUT2D eigenvalue weighted by Gasteiger charge is -2.19. The van der Waals surface area contributed by atoms with Crippen LogP contribution in [0, 0.1) is 0 Å². The van der Waals surface area contributed by atoms with E-state index < -0.39 is 6.04 Å². The highest BCUT2D eigenvalue weighted by Gasteiger charge is 2.21. The summed E-state index contributed by atoms with van der Waals surface area (Å²) in [7, 11) is 1.63. The molecule has 4 nitrogen and oxygen atoms in total. The Kier molecular flexibility index (Phi) is 4.96. The smallest absolute Gasteiger partial charge is 0.247 e. The number of amides is 1. The molecule has 3 rings (SSSR count). The van der Waals surface area contributed by atoms with Crippen LogP contribution in [0.25, 0.3) is 0 Å². The molecule has 0 bridgehead atoms. The van der Waals surface area contributed by atoms with Gasteiger partial charge in [0.1, 0.15) is 11.8 Å². The molecule has 0 saturated carbocycles. The van der Waals surface area contributed by atoms with Gasteiger partial charge in [-0.1, -0.05) is 48.5 Å². The van der Waals surface area contributed by atoms with E-state index in [1.54, 1.807) is 7.11 Å². The highest BCUT2D eigenvalue weighted by molar-refractivity contribution is 5.83. The maximum atomic E-state index is 12.8. The third kappa shape index (κ3) is 3.49. The van der Waals surface area contributed by atoms with Crippen LogP contribution in [0.2, 0.25) is 0 Å². The minimum atomic E-state index is -0.393. The molecular weight excluding hydrogens is 300 g/mol. The second-order valence-electron chi connectivity index (χ2n) is 5.47. The molecule has 1 atom stereocenters. The van der Waals surface area contributed by atoms with Crippen molar-refractivity contribution in [3.8, 4) is 5.75 Å². The average Bonchev–Trinajstić information content (AvgIpc) is 3.15. The van der Waals surface area contributed by atoms with E-state index in [2.05, 4.69) is 5.32 Å². The van der Waals surface area contributed by atoms with Crippen LogP contribution in [-0.2, 0) is 11.3 Å². The molecule has 122 valence electrons. The van der Waals surface area contributed by atoms with Crippen molar-refractivity contribution in [1.29, 1.82) is 0 Å². The lowest BCUT2D eigenvalue weighted by molar-refractivity contribution is -0.123. The van der Waals surface area contributed by atoms with Crippen molar-refractivity contribution in [3.05, 3.63) is 90.3 Å². The SMILES string of the molecule is COc1ccccc1CNC(=O)C(c1ccccc1)n1cccc1. The van der Waals surface area contributed by atoms with Gasteiger partial charge in [-0.05, 0) is 23.8 Å². The number of carbonyl (C=O) groups is 1. The molecule has 0 spiro atoms. The van der Waals surface area contributed by atoms with Crippen LogP contribution in [0.5, 0.6) is 5.75 Å². The Hall–Kier alpha value is -3.01. The van der Waals surface area contributed by atoms with Crippen LogP contribution in [0.3, 0.4) is 0 Å². The van der Waals surface area contributed by atoms with Gasteiger partial charge in [0, 0.05) is 24.5 Å². The molecule has 0 fully saturated rings. The molecule has 24 heavy (non-hydrogen) atoms. The number of para-hydroxylation sites is 1. The number of benzene rings is 2. The predicted octanol–water partition coefficient (Wildman–Crippen LogP) is 3.40. The molecular formula is C20H20N2O2. The van der Waals surface area contributed by atoms with Gasteiger partial charge in [-0.25, -0.2) is 0 Å². The molecule has 3 aromatic rings. The Morgan fingerprint density at radius 2 is 1.67 bits per heavy atom. The van der Waals surface area contributed by atoms with E-state index in [-0.39, 0.29) is 5.91 Å². The lowest BCUT2D eigenvalue weighted by Crippen LogP contribution is -2.32. The fraction of sp³-hybridized carbons (Fsp3) is 0.150. The van der Waals surface area contributed by atoms with Crippen LogP contribution in [0.15, 0.2) is 79.1 Å². The highest BCUT2D eigenvalue weighted by atomic mass is 16.5. The average molecular weight is 320 g/mol. The van der Waals surface area contributed by atoms with Crippen LogP contribution in [0.1, 0.15) is 17.2 Å². The normalized spacial score (nSPS) is 11.7. The zero-order valence-electron chi connectivity index (χ0n) is 13.6. The minimum absolute atomic E-state index is 0.0525. The third-order valence-corrected chi connectivity index (χ3v) is 3.93. The van der Waals surface area contributed by atoms with Gasteiger partial charge in [-0.2, -0.15) is 0 Å². The van der Waals surface area contributed by atoms with Crippen molar-refractivity contribution >= 4 is 5.91 Å². The first-order valence-electron chi connectivity index (χ1n) is 7.86. The van der Waals surface area contributed by atoms with Crippen LogP contribution in [-0.4, -0.2) is 17.6 Å². The van der Waals surface area contributed by atoms with Crippen LogP contribution >= 0.6 is 0 Å². The number of methoxy groups -OCH3 is 1. The Morgan fingerprint density at radius 1 is 1.00 bits per heavy atom. The summed E-state index contributed by atoms with van der Waals surface area (Å²) >= 11 is 0. The van der Waals surface area contributed by atoms with E-state index in [4.69, 9.17) is 4.74 Å². The number of aromatic nitrogens is 1. The summed E-state index contributed by atoms with van der Waals surface area (Å²) in [5.41, 5.74) is 1.90. The lowest BCUT2D eigenvalue weighted by atomic mass is 10.1. The van der Waals surface area contributed by atoms with Gasteiger partial charge in [-0.15, -0.1) is 0 Å². The summed E-state index contributed by atoms with van der Waals surface area (Å²) < 4.78 is 7.25. The van der Waals surface area contributed by atoms with Crippen molar-refractivity contribution in [3.63, 3.8) is 0 Å². The van der Waals surface area contributed by atoms with Gasteiger partial charge in [0.25, 0.3) is 0 Å². The van der Waals surface area contributed by atoms with E-state index in [1.165, 1.54) is 0 Å². The molecule has 1 heterocycles. The standard InChI is InChI=1S/C20H20N2O2/c1-24-18-12-6-5-11-17(18)15-21-20(23)19(22-13-7-8-14-22)16-9-3-2-4-10-16/h2-14,19H,15H2,1H3,(H,21,23). The molecule has 0 aliphatic rings. The molecule has 0 aliphatic heterocycles. The second-order valence-corrected chi connectivity index (χ2v) is 5.47. The van der Waals surface area contributed by atoms with E-state index in [0.29, 0.717) is 6.54 Å². The summed E-state index contributed by atoms with van der Waals surface area (Å²) in [5.74, 6) is 0.721. The Bertz CT molecular complexity index is 782. The summed E-state index contributed by atoms with van der Waals surface area (Å²) in [6.45, 7) is 0.424. The maximum Gasteiger partial charge on any atom is 0.247 e. The van der Waals surface area contributed by atoms with E-state index in [9.17, 15) is 4.79 Å². The fourth-order valence-corrected chi connectivity index (χ4v) is 2.74. The summed E-state index contributed by atoms with van der Waals surface area (Å²) in [5, 5.41) is 3.02. The maximum absolute atomic E-state index is 12.8. The minimum Gasteiger partial charge on any atom is -0.496 e. The van der Waals surface area contributed by atoms with Crippen molar-refractivity contribution in [2.24, 2.45) is 0 Å². The first-order chi connectivity index (χ1) is 11.8. The zero-order valence-corrected chi connectivity index (χ0v) is 13.6. The first-order valence-corrected chi connectivity index (χ1v) is 7.86. The highest BCUT2D eigenvalue weighted by Crippen LogP contribution is 2.20. The van der Waals surface area contributed by atoms with Gasteiger partial charge < -0.3 is 14.6 Å². The summed E-state index contributed by atoms with van der Waals surface area (Å²) in [4.78, 5) is 12.8. The Labute approximate surface area is 141 Å². The molecule has 4 heteroatoms. The van der Waals surface area contributed by atoms with Gasteiger partial charge in [0.2, 0.25) is 5.91 Å². The zero-order chi connectivity index (χ0) is 16.8. The molecule has 0 radical (unpaired) electrons. The molecule has 1 aromatic heterocycles. The van der Waals surface area contributed by atoms with Gasteiger partial charge in [-0.3, -0.25) is 4.79 Å². The summed E-state index contributed by atoms with van der Waals surface area (Å²) in [6.07, 6.45) is 3.81. The largest absolute Gasteiger partial charge is 0.496 e. The third-order valence-electron chi connectivity index (χ3n) is 3.93. The topological polar surface area (TPSA) is 43.3 Å². The van der Waals surface area contributed by atoms with Crippen molar-refractivity contribution in [2.75, 3.05) is 7.11 Å².